The molecule has 3 rings (SSSR count). The monoisotopic (exact) mass is 433 g/mol. The highest BCUT2D eigenvalue weighted by Gasteiger charge is 2.12. The van der Waals surface area contributed by atoms with Gasteiger partial charge in [-0.3, -0.25) is 0 Å². The first-order valence-electron chi connectivity index (χ1n) is 11.3. The Bertz CT molecular complexity index is 1150. The maximum Gasteiger partial charge on any atom is 0.343 e. The third-order valence-corrected chi connectivity index (χ3v) is 5.72. The Morgan fingerprint density at radius 1 is 1.00 bits per heavy atom. The molecule has 0 amide bonds. The second-order valence-corrected chi connectivity index (χ2v) is 8.06. The van der Waals surface area contributed by atoms with E-state index in [4.69, 9.17) is 9.52 Å². The van der Waals surface area contributed by atoms with Gasteiger partial charge in [0.2, 0.25) is 0 Å². The summed E-state index contributed by atoms with van der Waals surface area (Å²) in [7, 11) is 0. The third-order valence-electron chi connectivity index (χ3n) is 5.72. The van der Waals surface area contributed by atoms with E-state index >= 15 is 0 Å². The van der Waals surface area contributed by atoms with Gasteiger partial charge in [0.25, 0.3) is 0 Å². The molecular weight excluding hydrogens is 402 g/mol. The van der Waals surface area contributed by atoms with Gasteiger partial charge in [0, 0.05) is 30.2 Å². The molecule has 0 aliphatic heterocycles. The van der Waals surface area contributed by atoms with E-state index < -0.39 is 5.97 Å². The number of hydrogen-bond donors (Lipinski definition) is 1. The van der Waals surface area contributed by atoms with Gasteiger partial charge in [-0.25, -0.2) is 9.59 Å². The number of carbonyl (C=O) groups is 1. The van der Waals surface area contributed by atoms with Crippen molar-refractivity contribution in [2.45, 2.75) is 46.5 Å². The average Bonchev–Trinajstić information content (AvgIpc) is 2.79. The largest absolute Gasteiger partial charge is 0.478 e. The Hall–Kier alpha value is -3.34. The van der Waals surface area contributed by atoms with E-state index in [9.17, 15) is 9.59 Å². The zero-order valence-electron chi connectivity index (χ0n) is 19.1. The van der Waals surface area contributed by atoms with Crippen molar-refractivity contribution in [1.82, 2.24) is 0 Å². The molecule has 1 heterocycles. The third kappa shape index (κ3) is 5.47. The summed E-state index contributed by atoms with van der Waals surface area (Å²) < 4.78 is 5.70. The number of hydrogen-bond acceptors (Lipinski definition) is 4. The number of unbranched alkanes of at least 4 members (excludes halogenated alkanes) is 2. The van der Waals surface area contributed by atoms with Gasteiger partial charge in [0.05, 0.1) is 11.1 Å². The second kappa shape index (κ2) is 10.8. The smallest absolute Gasteiger partial charge is 0.343 e. The molecule has 0 saturated heterocycles. The highest BCUT2D eigenvalue weighted by Crippen LogP contribution is 2.26. The number of rotatable bonds is 10. The molecule has 1 aromatic heterocycles. The first-order valence-corrected chi connectivity index (χ1v) is 11.3. The summed E-state index contributed by atoms with van der Waals surface area (Å²) in [6.07, 6.45) is 8.06. The quantitative estimate of drug-likeness (QED) is 0.376. The minimum Gasteiger partial charge on any atom is -0.478 e. The summed E-state index contributed by atoms with van der Waals surface area (Å²) in [5.41, 5.74) is 3.73. The number of aromatic carboxylic acids is 1. The summed E-state index contributed by atoms with van der Waals surface area (Å²) in [6, 6.07) is 12.6. The highest BCUT2D eigenvalue weighted by molar-refractivity contribution is 5.89. The molecule has 0 radical (unpaired) electrons. The molecule has 0 aliphatic rings. The number of aryl methyl sites for hydroxylation is 1. The van der Waals surface area contributed by atoms with E-state index in [1.807, 2.05) is 19.1 Å². The molecule has 0 unspecified atom stereocenters. The molecule has 32 heavy (non-hydrogen) atoms. The Morgan fingerprint density at radius 2 is 1.66 bits per heavy atom. The van der Waals surface area contributed by atoms with Crippen LogP contribution in [0.5, 0.6) is 0 Å². The van der Waals surface area contributed by atoms with Crippen LogP contribution in [0.25, 0.3) is 23.1 Å². The molecule has 0 atom stereocenters. The van der Waals surface area contributed by atoms with Gasteiger partial charge in [0.15, 0.2) is 0 Å². The Balaban J connectivity index is 1.92. The predicted molar refractivity (Wildman–Crippen MR) is 132 cm³/mol. The van der Waals surface area contributed by atoms with Crippen LogP contribution in [-0.4, -0.2) is 24.2 Å². The minimum absolute atomic E-state index is 0.228. The lowest BCUT2D eigenvalue weighted by Gasteiger charge is -2.25. The fourth-order valence-electron chi connectivity index (χ4n) is 3.73. The molecule has 5 nitrogen and oxygen atoms in total. The maximum absolute atomic E-state index is 12.7. The number of anilines is 1. The van der Waals surface area contributed by atoms with Crippen molar-refractivity contribution in [1.29, 1.82) is 0 Å². The summed E-state index contributed by atoms with van der Waals surface area (Å²) in [5, 5.41) is 9.94. The first kappa shape index (κ1) is 23.3. The molecule has 1 N–H and O–H groups in total. The average molecular weight is 434 g/mol. The summed E-state index contributed by atoms with van der Waals surface area (Å²) in [5.74, 6) is -0.964. The fraction of sp³-hybridized carbons (Fsp3) is 0.333. The van der Waals surface area contributed by atoms with E-state index in [0.29, 0.717) is 11.1 Å². The van der Waals surface area contributed by atoms with Gasteiger partial charge in [-0.05, 0) is 61.2 Å². The summed E-state index contributed by atoms with van der Waals surface area (Å²) in [4.78, 5) is 26.1. The molecule has 168 valence electrons. The SMILES string of the molecule is CCCCN(CCCC)c1ccc2c(C)c(/C=C/c3ccc(C(=O)O)cc3)c(=O)oc2c1. The lowest BCUT2D eigenvalue weighted by Crippen LogP contribution is -2.25. The van der Waals surface area contributed by atoms with Crippen LogP contribution in [0, 0.1) is 6.92 Å². The van der Waals surface area contributed by atoms with E-state index in [1.165, 1.54) is 0 Å². The number of fused-ring (bicyclic) bond motifs is 1. The summed E-state index contributed by atoms with van der Waals surface area (Å²) >= 11 is 0. The van der Waals surface area contributed by atoms with Gasteiger partial charge in [-0.15, -0.1) is 0 Å². The van der Waals surface area contributed by atoms with Gasteiger partial charge in [-0.1, -0.05) is 44.9 Å². The van der Waals surface area contributed by atoms with E-state index in [-0.39, 0.29) is 11.2 Å². The lowest BCUT2D eigenvalue weighted by molar-refractivity contribution is 0.0697. The van der Waals surface area contributed by atoms with Gasteiger partial charge in [-0.2, -0.15) is 0 Å². The van der Waals surface area contributed by atoms with Crippen LogP contribution < -0.4 is 10.5 Å². The van der Waals surface area contributed by atoms with Crippen LogP contribution in [0.15, 0.2) is 51.7 Å². The van der Waals surface area contributed by atoms with Crippen molar-refractivity contribution < 1.29 is 14.3 Å². The first-order chi connectivity index (χ1) is 15.4. The van der Waals surface area contributed by atoms with Crippen molar-refractivity contribution in [3.63, 3.8) is 0 Å². The van der Waals surface area contributed by atoms with Crippen molar-refractivity contribution >= 4 is 34.8 Å². The minimum atomic E-state index is -0.964. The van der Waals surface area contributed by atoms with Crippen LogP contribution in [-0.2, 0) is 0 Å². The highest BCUT2D eigenvalue weighted by atomic mass is 16.4. The van der Waals surface area contributed by atoms with E-state index in [2.05, 4.69) is 24.8 Å². The van der Waals surface area contributed by atoms with E-state index in [1.54, 1.807) is 36.4 Å². The topological polar surface area (TPSA) is 70.8 Å². The molecule has 0 spiro atoms. The number of carboxylic acids is 1. The standard InChI is InChI=1S/C27H31NO4/c1-4-6-16-28(17-7-5-2)22-13-15-23-19(3)24(27(31)32-25(23)18-22)14-10-20-8-11-21(12-9-20)26(29)30/h8-15,18H,4-7,16-17H2,1-3H3,(H,29,30)/b14-10+. The van der Waals surface area contributed by atoms with Gasteiger partial charge < -0.3 is 14.4 Å². The Morgan fingerprint density at radius 3 is 2.25 bits per heavy atom. The van der Waals surface area contributed by atoms with E-state index in [0.717, 1.165) is 61.0 Å². The van der Waals surface area contributed by atoms with Crippen molar-refractivity contribution in [3.05, 3.63) is 75.1 Å². The number of carboxylic acid groups (broad SMARTS) is 1. The van der Waals surface area contributed by atoms with Crippen LogP contribution in [0.2, 0.25) is 0 Å². The normalized spacial score (nSPS) is 11.3. The van der Waals surface area contributed by atoms with Crippen molar-refractivity contribution in [2.24, 2.45) is 0 Å². The Kier molecular flexibility index (Phi) is 7.87. The molecular formula is C27H31NO4. The summed E-state index contributed by atoms with van der Waals surface area (Å²) in [6.45, 7) is 8.30. The van der Waals surface area contributed by atoms with Crippen LogP contribution in [0.4, 0.5) is 5.69 Å². The van der Waals surface area contributed by atoms with Crippen LogP contribution in [0.1, 0.15) is 66.6 Å². The fourth-order valence-corrected chi connectivity index (χ4v) is 3.73. The maximum atomic E-state index is 12.7. The zero-order valence-corrected chi connectivity index (χ0v) is 19.1. The van der Waals surface area contributed by atoms with Crippen LogP contribution >= 0.6 is 0 Å². The second-order valence-electron chi connectivity index (χ2n) is 8.06. The number of benzene rings is 2. The molecule has 0 fully saturated rings. The predicted octanol–water partition coefficient (Wildman–Crippen LogP) is 6.38. The zero-order chi connectivity index (χ0) is 23.1. The van der Waals surface area contributed by atoms with Gasteiger partial charge in [0.1, 0.15) is 5.58 Å². The lowest BCUT2D eigenvalue weighted by atomic mass is 10.0. The van der Waals surface area contributed by atoms with Crippen molar-refractivity contribution in [2.75, 3.05) is 18.0 Å². The van der Waals surface area contributed by atoms with Crippen molar-refractivity contribution in [3.8, 4) is 0 Å². The molecule has 5 heteroatoms. The molecule has 0 bridgehead atoms. The molecule has 0 aliphatic carbocycles. The Labute approximate surface area is 189 Å². The molecule has 3 aromatic rings. The molecule has 2 aromatic carbocycles. The van der Waals surface area contributed by atoms with Gasteiger partial charge >= 0.3 is 11.6 Å². The van der Waals surface area contributed by atoms with Crippen LogP contribution in [0.3, 0.4) is 0 Å². The molecule has 0 saturated carbocycles. The number of nitrogens with zero attached hydrogens (tertiary/aromatic N) is 1.